The highest BCUT2D eigenvalue weighted by molar-refractivity contribution is 9.10. The van der Waals surface area contributed by atoms with Crippen LogP contribution in [0.15, 0.2) is 21.6 Å². The molecule has 0 aliphatic carbocycles. The van der Waals surface area contributed by atoms with E-state index in [1.807, 2.05) is 0 Å². The molecule has 0 N–H and O–H groups in total. The average molecular weight is 307 g/mol. The molecule has 0 bridgehead atoms. The first-order valence-electron chi connectivity index (χ1n) is 3.21. The lowest BCUT2D eigenvalue weighted by molar-refractivity contribution is 0.145. The summed E-state index contributed by atoms with van der Waals surface area (Å²) in [7, 11) is 1.05. The topological polar surface area (TPSA) is 47.0 Å². The van der Waals surface area contributed by atoms with Crippen molar-refractivity contribution in [2.75, 3.05) is 0 Å². The van der Waals surface area contributed by atoms with Gasteiger partial charge in [-0.15, -0.1) is 0 Å². The Morgan fingerprint density at radius 3 is 2.36 bits per heavy atom. The Morgan fingerprint density at radius 1 is 1.43 bits per heavy atom. The predicted molar refractivity (Wildman–Crippen MR) is 49.9 cm³/mol. The van der Waals surface area contributed by atoms with Crippen molar-refractivity contribution in [2.24, 2.45) is 0 Å². The quantitative estimate of drug-likeness (QED) is 0.623. The summed E-state index contributed by atoms with van der Waals surface area (Å²) in [5, 5.41) is 0. The van der Waals surface area contributed by atoms with E-state index in [0.29, 0.717) is 0 Å². The fourth-order valence-corrected chi connectivity index (χ4v) is 2.85. The van der Waals surface area contributed by atoms with Crippen molar-refractivity contribution in [1.29, 1.82) is 0 Å². The maximum atomic E-state index is 12.1. The van der Waals surface area contributed by atoms with Gasteiger partial charge in [0.25, 0.3) is 15.5 Å². The number of hydrogen-bond donors (Lipinski definition) is 0. The number of hydrogen-bond acceptors (Lipinski definition) is 3. The molecule has 0 unspecified atom stereocenters. The molecule has 0 amide bonds. The lowest BCUT2D eigenvalue weighted by atomic mass is 10.4. The molecule has 1 aromatic rings. The first-order valence-corrected chi connectivity index (χ1v) is 6.32. The summed E-state index contributed by atoms with van der Waals surface area (Å²) in [5.74, 6) is 0. The summed E-state index contributed by atoms with van der Waals surface area (Å²) in [5.41, 5.74) is -0.513. The molecule has 0 saturated carbocycles. The summed E-state index contributed by atoms with van der Waals surface area (Å²) in [6.45, 7) is 0. The molecule has 0 aliphatic rings. The van der Waals surface area contributed by atoms with Crippen LogP contribution < -0.4 is 0 Å². The molecular formula is C6H3BrClF2NO2S. The summed E-state index contributed by atoms with van der Waals surface area (Å²) in [4.78, 5) is 3.01. The highest BCUT2D eigenvalue weighted by atomic mass is 79.9. The van der Waals surface area contributed by atoms with E-state index in [0.717, 1.165) is 12.1 Å². The zero-order chi connectivity index (χ0) is 10.9. The molecule has 1 heterocycles. The van der Waals surface area contributed by atoms with Gasteiger partial charge < -0.3 is 0 Å². The zero-order valence-corrected chi connectivity index (χ0v) is 9.57. The number of rotatable bonds is 2. The van der Waals surface area contributed by atoms with Gasteiger partial charge in [-0.2, -0.15) is 0 Å². The molecule has 0 fully saturated rings. The van der Waals surface area contributed by atoms with Crippen molar-refractivity contribution in [3.63, 3.8) is 0 Å². The summed E-state index contributed by atoms with van der Waals surface area (Å²) >= 11 is 2.74. The summed E-state index contributed by atoms with van der Waals surface area (Å²) in [6, 6.07) is 1.88. The minimum atomic E-state index is -3.96. The molecule has 0 aliphatic heterocycles. The molecular weight excluding hydrogens is 303 g/mol. The van der Waals surface area contributed by atoms with Crippen LogP contribution in [0, 0.1) is 0 Å². The van der Waals surface area contributed by atoms with E-state index in [9.17, 15) is 17.2 Å². The van der Waals surface area contributed by atoms with Crippen molar-refractivity contribution in [1.82, 2.24) is 4.98 Å². The standard InChI is InChI=1S/C6H3BrClF2NO2S/c7-5-4(14(8,12)13)2-1-3(11-5)6(9)10/h1-2,6H. The van der Waals surface area contributed by atoms with Gasteiger partial charge in [0.15, 0.2) is 0 Å². The fraction of sp³-hybridized carbons (Fsp3) is 0.167. The second kappa shape index (κ2) is 4.08. The Labute approximate surface area is 91.6 Å². The van der Waals surface area contributed by atoms with Crippen LogP contribution in [-0.2, 0) is 9.05 Å². The number of halogens is 4. The van der Waals surface area contributed by atoms with E-state index in [1.165, 1.54) is 0 Å². The van der Waals surface area contributed by atoms with Crippen LogP contribution >= 0.6 is 26.6 Å². The van der Waals surface area contributed by atoms with Gasteiger partial charge in [0.05, 0.1) is 0 Å². The number of alkyl halides is 2. The minimum Gasteiger partial charge on any atom is -0.238 e. The molecule has 14 heavy (non-hydrogen) atoms. The van der Waals surface area contributed by atoms with Crippen molar-refractivity contribution >= 4 is 35.7 Å². The fourth-order valence-electron chi connectivity index (χ4n) is 0.739. The van der Waals surface area contributed by atoms with Gasteiger partial charge in [-0.3, -0.25) is 0 Å². The second-order valence-electron chi connectivity index (χ2n) is 2.26. The van der Waals surface area contributed by atoms with Gasteiger partial charge in [-0.25, -0.2) is 22.2 Å². The second-order valence-corrected chi connectivity index (χ2v) is 5.55. The Kier molecular flexibility index (Phi) is 3.44. The lowest BCUT2D eigenvalue weighted by Gasteiger charge is -2.02. The van der Waals surface area contributed by atoms with E-state index in [4.69, 9.17) is 10.7 Å². The molecule has 8 heteroatoms. The van der Waals surface area contributed by atoms with Crippen molar-refractivity contribution in [3.05, 3.63) is 22.4 Å². The molecule has 1 aromatic heterocycles. The van der Waals surface area contributed by atoms with Crippen LogP contribution in [0.2, 0.25) is 0 Å². The summed E-state index contributed by atoms with van der Waals surface area (Å²) < 4.78 is 45.7. The molecule has 0 spiro atoms. The van der Waals surface area contributed by atoms with Crippen LogP contribution in [-0.4, -0.2) is 13.4 Å². The van der Waals surface area contributed by atoms with Crippen LogP contribution in [0.1, 0.15) is 12.1 Å². The SMILES string of the molecule is O=S(=O)(Cl)c1ccc(C(F)F)nc1Br. The third-order valence-electron chi connectivity index (χ3n) is 1.32. The lowest BCUT2D eigenvalue weighted by Crippen LogP contribution is -1.97. The zero-order valence-electron chi connectivity index (χ0n) is 6.42. The largest absolute Gasteiger partial charge is 0.280 e. The normalized spacial score (nSPS) is 12.1. The monoisotopic (exact) mass is 305 g/mol. The Balaban J connectivity index is 3.28. The van der Waals surface area contributed by atoms with E-state index in [2.05, 4.69) is 20.9 Å². The number of nitrogens with zero attached hydrogens (tertiary/aromatic N) is 1. The first-order chi connectivity index (χ1) is 6.32. The Bertz CT molecular complexity index is 451. The number of pyridine rings is 1. The van der Waals surface area contributed by atoms with Gasteiger partial charge in [-0.1, -0.05) is 0 Å². The Hall–Kier alpha value is -0.270. The smallest absolute Gasteiger partial charge is 0.238 e. The van der Waals surface area contributed by atoms with Crippen LogP contribution in [0.5, 0.6) is 0 Å². The van der Waals surface area contributed by atoms with E-state index in [1.54, 1.807) is 0 Å². The summed E-state index contributed by atoms with van der Waals surface area (Å²) in [6.07, 6.45) is -2.75. The van der Waals surface area contributed by atoms with Gasteiger partial charge in [0, 0.05) is 10.7 Å². The van der Waals surface area contributed by atoms with Crippen LogP contribution in [0.3, 0.4) is 0 Å². The molecule has 0 aromatic carbocycles. The number of aromatic nitrogens is 1. The third-order valence-corrected chi connectivity index (χ3v) is 3.54. The molecule has 3 nitrogen and oxygen atoms in total. The van der Waals surface area contributed by atoms with Crippen LogP contribution in [0.25, 0.3) is 0 Å². The average Bonchev–Trinajstić information content (AvgIpc) is 2.01. The van der Waals surface area contributed by atoms with Gasteiger partial charge >= 0.3 is 0 Å². The third kappa shape index (κ3) is 2.61. The Morgan fingerprint density at radius 2 is 2.00 bits per heavy atom. The maximum absolute atomic E-state index is 12.1. The van der Waals surface area contributed by atoms with Gasteiger partial charge in [0.2, 0.25) is 0 Å². The molecule has 0 saturated heterocycles. The first kappa shape index (κ1) is 11.8. The van der Waals surface area contributed by atoms with Gasteiger partial charge in [0.1, 0.15) is 15.2 Å². The molecule has 0 radical (unpaired) electrons. The van der Waals surface area contributed by atoms with Crippen molar-refractivity contribution in [2.45, 2.75) is 11.3 Å². The van der Waals surface area contributed by atoms with E-state index < -0.39 is 21.2 Å². The molecule has 78 valence electrons. The van der Waals surface area contributed by atoms with Crippen molar-refractivity contribution < 1.29 is 17.2 Å². The molecule has 1 rings (SSSR count). The van der Waals surface area contributed by atoms with Crippen molar-refractivity contribution in [3.8, 4) is 0 Å². The van der Waals surface area contributed by atoms with Crippen LogP contribution in [0.4, 0.5) is 8.78 Å². The highest BCUT2D eigenvalue weighted by Crippen LogP contribution is 2.26. The van der Waals surface area contributed by atoms with E-state index >= 15 is 0 Å². The molecule has 0 atom stereocenters. The van der Waals surface area contributed by atoms with Gasteiger partial charge in [-0.05, 0) is 28.1 Å². The predicted octanol–water partition coefficient (Wildman–Crippen LogP) is 2.71. The van der Waals surface area contributed by atoms with E-state index in [-0.39, 0.29) is 9.50 Å². The maximum Gasteiger partial charge on any atom is 0.280 e. The highest BCUT2D eigenvalue weighted by Gasteiger charge is 2.18. The minimum absolute atomic E-state index is 0.217.